The zero-order valence-corrected chi connectivity index (χ0v) is 4.93. The molecule has 1 nitrogen and oxygen atoms in total. The van der Waals surface area contributed by atoms with Gasteiger partial charge in [-0.15, -0.1) is 0 Å². The maximum Gasteiger partial charge on any atom is 0.209 e. The first-order valence-corrected chi connectivity index (χ1v) is 3.47. The second-order valence-electron chi connectivity index (χ2n) is 1.25. The Bertz CT molecular complexity index is 44.1. The van der Waals surface area contributed by atoms with Gasteiger partial charge in [-0.25, -0.2) is 0 Å². The van der Waals surface area contributed by atoms with Gasteiger partial charge in [-0.05, 0) is 11.6 Å². The number of halogens is 1. The summed E-state index contributed by atoms with van der Waals surface area (Å²) in [5.41, 5.74) is 0. The molecule has 1 atom stereocenters. The largest absolute Gasteiger partial charge is 0.322 e. The van der Waals surface area contributed by atoms with Gasteiger partial charge in [0.2, 0.25) is 4.83 Å². The van der Waals surface area contributed by atoms with Crippen LogP contribution in [0.25, 0.3) is 0 Å². The van der Waals surface area contributed by atoms with E-state index in [-0.39, 0.29) is 0 Å². The zero-order valence-electron chi connectivity index (χ0n) is 3.36. The maximum atomic E-state index is 5.62. The van der Waals surface area contributed by atoms with Crippen LogP contribution in [0.3, 0.4) is 0 Å². The summed E-state index contributed by atoms with van der Waals surface area (Å²) in [6, 6.07) is 0. The van der Waals surface area contributed by atoms with Gasteiger partial charge in [0.05, 0.1) is 6.54 Å². The molecule has 6 heavy (non-hydrogen) atoms. The molecule has 1 rings (SSSR count). The molecule has 0 aromatic rings. The van der Waals surface area contributed by atoms with Gasteiger partial charge in [0.25, 0.3) is 0 Å². The lowest BCUT2D eigenvalue weighted by molar-refractivity contribution is -0.639. The number of quaternary nitrogens is 1. The fourth-order valence-corrected chi connectivity index (χ4v) is 1.61. The van der Waals surface area contributed by atoms with Crippen molar-refractivity contribution in [1.29, 1.82) is 0 Å². The zero-order chi connectivity index (χ0) is 4.41. The van der Waals surface area contributed by atoms with Gasteiger partial charge in [0, 0.05) is 5.75 Å². The molecule has 1 aliphatic rings. The summed E-state index contributed by atoms with van der Waals surface area (Å²) in [6.45, 7) is 1.19. The number of alkyl halides is 1. The van der Waals surface area contributed by atoms with Crippen LogP contribution < -0.4 is 5.32 Å². The van der Waals surface area contributed by atoms with Crippen molar-refractivity contribution in [3.8, 4) is 0 Å². The minimum Gasteiger partial charge on any atom is -0.322 e. The minimum absolute atomic E-state index is 0.310. The molecule has 1 aliphatic heterocycles. The van der Waals surface area contributed by atoms with Gasteiger partial charge in [-0.2, -0.15) is 0 Å². The Morgan fingerprint density at radius 1 is 1.83 bits per heavy atom. The smallest absolute Gasteiger partial charge is 0.209 e. The third-order valence-corrected chi connectivity index (χ3v) is 2.29. The Hall–Kier alpha value is 0.600. The fourth-order valence-electron chi connectivity index (χ4n) is 0.448. The summed E-state index contributed by atoms with van der Waals surface area (Å²) in [6.07, 6.45) is 0. The van der Waals surface area contributed by atoms with E-state index in [9.17, 15) is 0 Å². The molecule has 1 heterocycles. The molecule has 0 spiro atoms. The molecule has 1 unspecified atom stereocenters. The Labute approximate surface area is 46.4 Å². The predicted octanol–water partition coefficient (Wildman–Crippen LogP) is -0.181. The quantitative estimate of drug-likeness (QED) is 0.350. The van der Waals surface area contributed by atoms with Gasteiger partial charge in [-0.3, -0.25) is 0 Å². The lowest BCUT2D eigenvalue weighted by Crippen LogP contribution is -2.84. The van der Waals surface area contributed by atoms with E-state index in [1.807, 2.05) is 11.8 Å². The summed E-state index contributed by atoms with van der Waals surface area (Å²) in [5, 5.41) is 2.13. The molecule has 0 aromatic heterocycles. The summed E-state index contributed by atoms with van der Waals surface area (Å²) in [4.78, 5) is 0.310. The Morgan fingerprint density at radius 2 is 2.67 bits per heavy atom. The third kappa shape index (κ3) is 1.03. The van der Waals surface area contributed by atoms with Gasteiger partial charge < -0.3 is 5.32 Å². The van der Waals surface area contributed by atoms with E-state index in [2.05, 4.69) is 5.32 Å². The van der Waals surface area contributed by atoms with Crippen molar-refractivity contribution in [3.63, 3.8) is 0 Å². The van der Waals surface area contributed by atoms with Crippen molar-refractivity contribution < 1.29 is 5.32 Å². The number of hydrogen-bond acceptors (Lipinski definition) is 1. The van der Waals surface area contributed by atoms with Crippen LogP contribution in [0.15, 0.2) is 0 Å². The predicted molar refractivity (Wildman–Crippen MR) is 28.9 cm³/mol. The highest BCUT2D eigenvalue weighted by molar-refractivity contribution is 8.00. The van der Waals surface area contributed by atoms with E-state index in [0.717, 1.165) is 0 Å². The first kappa shape index (κ1) is 4.75. The highest BCUT2D eigenvalue weighted by Gasteiger charge is 2.13. The minimum atomic E-state index is 0.310. The van der Waals surface area contributed by atoms with Gasteiger partial charge in [-0.1, -0.05) is 11.8 Å². The Morgan fingerprint density at radius 3 is 2.83 bits per heavy atom. The molecule has 36 valence electrons. The summed E-state index contributed by atoms with van der Waals surface area (Å²) in [7, 11) is 0. The van der Waals surface area contributed by atoms with Crippen molar-refractivity contribution in [2.75, 3.05) is 12.3 Å². The molecule has 0 aromatic carbocycles. The first-order valence-electron chi connectivity index (χ1n) is 1.98. The number of rotatable bonds is 0. The van der Waals surface area contributed by atoms with Gasteiger partial charge >= 0.3 is 0 Å². The normalized spacial score (nSPS) is 34.5. The van der Waals surface area contributed by atoms with Gasteiger partial charge in [0.15, 0.2) is 0 Å². The maximum absolute atomic E-state index is 5.62. The molecule has 0 amide bonds. The monoisotopic (exact) mass is 124 g/mol. The number of nitrogens with two attached hydrogens (primary N) is 1. The lowest BCUT2D eigenvalue weighted by Gasteiger charge is -1.87. The highest BCUT2D eigenvalue weighted by Crippen LogP contribution is 2.09. The van der Waals surface area contributed by atoms with Crippen LogP contribution in [0.2, 0.25) is 0 Å². The molecule has 0 aliphatic carbocycles. The molecule has 2 N–H and O–H groups in total. The standard InChI is InChI=1S/C3H6ClNS/c4-3-5-1-2-6-3/h3,5H,1-2H2/p+1. The molecule has 1 saturated heterocycles. The summed E-state index contributed by atoms with van der Waals surface area (Å²) < 4.78 is 0. The average molecular weight is 125 g/mol. The van der Waals surface area contributed by atoms with E-state index < -0.39 is 0 Å². The molecule has 3 heteroatoms. The third-order valence-electron chi connectivity index (χ3n) is 0.747. The molecule has 0 saturated carbocycles. The Balaban J connectivity index is 2.18. The van der Waals surface area contributed by atoms with Crippen molar-refractivity contribution >= 4 is 23.4 Å². The molecule has 1 fully saturated rings. The Kier molecular flexibility index (Phi) is 1.62. The SMILES string of the molecule is ClC1[NH2+]CCS1. The highest BCUT2D eigenvalue weighted by atomic mass is 35.5. The van der Waals surface area contributed by atoms with Crippen molar-refractivity contribution in [3.05, 3.63) is 0 Å². The van der Waals surface area contributed by atoms with E-state index in [4.69, 9.17) is 11.6 Å². The topological polar surface area (TPSA) is 16.6 Å². The van der Waals surface area contributed by atoms with Crippen molar-refractivity contribution in [2.24, 2.45) is 0 Å². The van der Waals surface area contributed by atoms with E-state index >= 15 is 0 Å². The van der Waals surface area contributed by atoms with E-state index in [1.165, 1.54) is 12.3 Å². The molecule has 0 bridgehead atoms. The van der Waals surface area contributed by atoms with Crippen molar-refractivity contribution in [2.45, 2.75) is 4.83 Å². The van der Waals surface area contributed by atoms with Crippen LogP contribution in [0.1, 0.15) is 0 Å². The number of thioether (sulfide) groups is 1. The molecule has 0 radical (unpaired) electrons. The van der Waals surface area contributed by atoms with E-state index in [1.54, 1.807) is 0 Å². The summed E-state index contributed by atoms with van der Waals surface area (Å²) in [5.74, 6) is 1.22. The average Bonchev–Trinajstić information content (AvgIpc) is 1.86. The van der Waals surface area contributed by atoms with E-state index in [0.29, 0.717) is 4.83 Å². The second-order valence-corrected chi connectivity index (χ2v) is 3.22. The summed E-state index contributed by atoms with van der Waals surface area (Å²) >= 11 is 7.43. The lowest BCUT2D eigenvalue weighted by atomic mass is 10.8. The molecular formula is C3H7ClNS+. The van der Waals surface area contributed by atoms with Crippen LogP contribution in [0.5, 0.6) is 0 Å². The van der Waals surface area contributed by atoms with Crippen LogP contribution in [0.4, 0.5) is 0 Å². The number of hydrogen-bond donors (Lipinski definition) is 1. The van der Waals surface area contributed by atoms with Crippen LogP contribution in [-0.2, 0) is 0 Å². The fraction of sp³-hybridized carbons (Fsp3) is 1.00. The molecular weight excluding hydrogens is 118 g/mol. The van der Waals surface area contributed by atoms with Crippen molar-refractivity contribution in [1.82, 2.24) is 0 Å². The first-order chi connectivity index (χ1) is 2.89. The second kappa shape index (κ2) is 2.05. The van der Waals surface area contributed by atoms with Crippen LogP contribution in [0, 0.1) is 0 Å². The van der Waals surface area contributed by atoms with Crippen LogP contribution >= 0.6 is 23.4 Å². The van der Waals surface area contributed by atoms with Gasteiger partial charge in [0.1, 0.15) is 0 Å². The van der Waals surface area contributed by atoms with Crippen LogP contribution in [-0.4, -0.2) is 17.1 Å².